The first-order valence-corrected chi connectivity index (χ1v) is 9.62. The lowest BCUT2D eigenvalue weighted by atomic mass is 9.95. The van der Waals surface area contributed by atoms with E-state index in [0.29, 0.717) is 18.8 Å². The summed E-state index contributed by atoms with van der Waals surface area (Å²) in [6, 6.07) is 7.22. The van der Waals surface area contributed by atoms with Crippen LogP contribution in [0, 0.1) is 0 Å². The van der Waals surface area contributed by atoms with E-state index in [0.717, 1.165) is 11.9 Å². The van der Waals surface area contributed by atoms with Crippen molar-refractivity contribution < 1.29 is 13.2 Å². The third-order valence-electron chi connectivity index (χ3n) is 4.44. The molecule has 2 aromatic rings. The minimum atomic E-state index is -3.53. The van der Waals surface area contributed by atoms with Gasteiger partial charge in [-0.1, -0.05) is 6.07 Å². The van der Waals surface area contributed by atoms with Crippen molar-refractivity contribution in [3.63, 3.8) is 0 Å². The molecule has 1 aromatic heterocycles. The molecular formula is C16H22Cl2N4O3S. The topological polar surface area (TPSA) is 93.1 Å². The van der Waals surface area contributed by atoms with Gasteiger partial charge < -0.3 is 15.2 Å². The minimum absolute atomic E-state index is 0. The first-order chi connectivity index (χ1) is 11.4. The van der Waals surface area contributed by atoms with Crippen LogP contribution in [0.1, 0.15) is 12.8 Å². The number of amides is 1. The summed E-state index contributed by atoms with van der Waals surface area (Å²) in [6.45, 7) is 1.02. The normalized spacial score (nSPS) is 16.0. The van der Waals surface area contributed by atoms with Gasteiger partial charge in [-0.05, 0) is 44.1 Å². The van der Waals surface area contributed by atoms with E-state index in [-0.39, 0.29) is 37.7 Å². The first kappa shape index (κ1) is 22.4. The van der Waals surface area contributed by atoms with Crippen molar-refractivity contribution in [3.05, 3.63) is 43.0 Å². The number of nitrogens with zero attached hydrogens (tertiary/aromatic N) is 2. The van der Waals surface area contributed by atoms with Crippen LogP contribution < -0.4 is 10.6 Å². The fourth-order valence-corrected chi connectivity index (χ4v) is 4.33. The Morgan fingerprint density at radius 1 is 1.27 bits per heavy atom. The number of piperidine rings is 1. The zero-order valence-corrected chi connectivity index (χ0v) is 16.7. The van der Waals surface area contributed by atoms with E-state index in [1.165, 1.54) is 0 Å². The van der Waals surface area contributed by atoms with E-state index in [1.807, 2.05) is 10.6 Å². The van der Waals surface area contributed by atoms with Crippen molar-refractivity contribution in [1.82, 2.24) is 14.9 Å². The van der Waals surface area contributed by atoms with Gasteiger partial charge in [-0.2, -0.15) is 0 Å². The second-order valence-electron chi connectivity index (χ2n) is 5.99. The quantitative estimate of drug-likeness (QED) is 0.786. The molecule has 1 fully saturated rings. The third-order valence-corrected chi connectivity index (χ3v) is 6.45. The molecule has 0 atom stereocenters. The molecule has 0 saturated carbocycles. The third kappa shape index (κ3) is 4.37. The summed E-state index contributed by atoms with van der Waals surface area (Å²) in [7, 11) is -3.53. The Labute approximate surface area is 165 Å². The maximum atomic E-state index is 12.8. The highest BCUT2D eigenvalue weighted by Gasteiger charge is 2.48. The predicted octanol–water partition coefficient (Wildman–Crippen LogP) is 1.82. The number of sulfone groups is 1. The van der Waals surface area contributed by atoms with Gasteiger partial charge in [0.25, 0.3) is 0 Å². The van der Waals surface area contributed by atoms with Crippen molar-refractivity contribution in [2.24, 2.45) is 0 Å². The molecule has 10 heteroatoms. The first-order valence-electron chi connectivity index (χ1n) is 7.73. The SMILES string of the molecule is CS(=O)(=O)C1(C(=O)Nc2cccc(-n3ccnc3)c2)CCNCC1.Cl.Cl. The highest BCUT2D eigenvalue weighted by Crippen LogP contribution is 2.29. The largest absolute Gasteiger partial charge is 0.325 e. The summed E-state index contributed by atoms with van der Waals surface area (Å²) in [4.78, 5) is 16.8. The van der Waals surface area contributed by atoms with Gasteiger partial charge in [-0.15, -0.1) is 24.8 Å². The maximum Gasteiger partial charge on any atom is 0.245 e. The standard InChI is InChI=1S/C16H20N4O3S.2ClH/c1-24(22,23)16(5-7-17-8-6-16)15(21)19-13-3-2-4-14(11-13)20-10-9-18-12-20;;/h2-4,9-12,17H,5-8H2,1H3,(H,19,21);2*1H. The lowest BCUT2D eigenvalue weighted by molar-refractivity contribution is -0.119. The average Bonchev–Trinajstić information content (AvgIpc) is 3.09. The van der Waals surface area contributed by atoms with Crippen molar-refractivity contribution in [2.45, 2.75) is 17.6 Å². The highest BCUT2D eigenvalue weighted by molar-refractivity contribution is 7.92. The van der Waals surface area contributed by atoms with Crippen molar-refractivity contribution in [1.29, 1.82) is 0 Å². The number of halogens is 2. The molecule has 0 radical (unpaired) electrons. The molecule has 0 aliphatic carbocycles. The molecule has 3 rings (SSSR count). The Hall–Kier alpha value is -1.61. The van der Waals surface area contributed by atoms with Crippen molar-refractivity contribution >= 4 is 46.2 Å². The van der Waals surface area contributed by atoms with Gasteiger partial charge in [-0.25, -0.2) is 13.4 Å². The van der Waals surface area contributed by atoms with Gasteiger partial charge in [0.05, 0.1) is 6.33 Å². The van der Waals surface area contributed by atoms with E-state index >= 15 is 0 Å². The number of imidazole rings is 1. The van der Waals surface area contributed by atoms with Crippen LogP contribution in [0.25, 0.3) is 5.69 Å². The fourth-order valence-electron chi connectivity index (χ4n) is 3.00. The Morgan fingerprint density at radius 2 is 1.96 bits per heavy atom. The molecule has 0 unspecified atom stereocenters. The van der Waals surface area contributed by atoms with E-state index in [2.05, 4.69) is 15.6 Å². The van der Waals surface area contributed by atoms with E-state index in [9.17, 15) is 13.2 Å². The van der Waals surface area contributed by atoms with Gasteiger partial charge in [0.2, 0.25) is 5.91 Å². The van der Waals surface area contributed by atoms with Crippen molar-refractivity contribution in [3.8, 4) is 5.69 Å². The van der Waals surface area contributed by atoms with Gasteiger partial charge in [0.15, 0.2) is 14.6 Å². The minimum Gasteiger partial charge on any atom is -0.325 e. The molecule has 1 amide bonds. The second kappa shape index (κ2) is 8.85. The summed E-state index contributed by atoms with van der Waals surface area (Å²) < 4.78 is 25.0. The number of nitrogens with one attached hydrogen (secondary N) is 2. The molecule has 0 bridgehead atoms. The molecule has 2 N–H and O–H groups in total. The maximum absolute atomic E-state index is 12.8. The smallest absolute Gasteiger partial charge is 0.245 e. The zero-order valence-electron chi connectivity index (χ0n) is 14.2. The lowest BCUT2D eigenvalue weighted by Crippen LogP contribution is -2.55. The number of benzene rings is 1. The number of hydrogen-bond donors (Lipinski definition) is 2. The Kier molecular flexibility index (Phi) is 7.64. The molecule has 0 spiro atoms. The number of carbonyl (C=O) groups is 1. The van der Waals surface area contributed by atoms with Gasteiger partial charge in [0.1, 0.15) is 0 Å². The predicted molar refractivity (Wildman–Crippen MR) is 106 cm³/mol. The molecule has 1 aliphatic heterocycles. The van der Waals surface area contributed by atoms with E-state index in [1.54, 1.807) is 36.9 Å². The van der Waals surface area contributed by atoms with Crippen molar-refractivity contribution in [2.75, 3.05) is 24.7 Å². The van der Waals surface area contributed by atoms with Crippen LogP contribution in [0.4, 0.5) is 5.69 Å². The second-order valence-corrected chi connectivity index (χ2v) is 8.32. The molecule has 7 nitrogen and oxygen atoms in total. The Balaban J connectivity index is 0.00000169. The Bertz CT molecular complexity index is 835. The van der Waals surface area contributed by atoms with Crippen LogP contribution >= 0.6 is 24.8 Å². The molecular weight excluding hydrogens is 399 g/mol. The van der Waals surface area contributed by atoms with Crippen LogP contribution in [0.2, 0.25) is 0 Å². The molecule has 26 heavy (non-hydrogen) atoms. The van der Waals surface area contributed by atoms with E-state index < -0.39 is 20.5 Å². The number of rotatable bonds is 4. The molecule has 1 aliphatic rings. The van der Waals surface area contributed by atoms with Gasteiger partial charge in [0, 0.05) is 30.0 Å². The summed E-state index contributed by atoms with van der Waals surface area (Å²) in [6.07, 6.45) is 6.81. The number of anilines is 1. The van der Waals surface area contributed by atoms with E-state index in [4.69, 9.17) is 0 Å². The van der Waals surface area contributed by atoms with Crippen LogP contribution in [0.15, 0.2) is 43.0 Å². The summed E-state index contributed by atoms with van der Waals surface area (Å²) >= 11 is 0. The molecule has 1 saturated heterocycles. The van der Waals surface area contributed by atoms with Crippen LogP contribution in [-0.2, 0) is 14.6 Å². The Morgan fingerprint density at radius 3 is 2.54 bits per heavy atom. The summed E-state index contributed by atoms with van der Waals surface area (Å²) in [5.41, 5.74) is 1.40. The lowest BCUT2D eigenvalue weighted by Gasteiger charge is -2.34. The van der Waals surface area contributed by atoms with Crippen LogP contribution in [-0.4, -0.2) is 48.0 Å². The fraction of sp³-hybridized carbons (Fsp3) is 0.375. The van der Waals surface area contributed by atoms with Gasteiger partial charge >= 0.3 is 0 Å². The monoisotopic (exact) mass is 420 g/mol. The number of carbonyl (C=O) groups excluding carboxylic acids is 1. The number of aromatic nitrogens is 2. The zero-order chi connectivity index (χ0) is 17.2. The van der Waals surface area contributed by atoms with Crippen LogP contribution in [0.3, 0.4) is 0 Å². The summed E-state index contributed by atoms with van der Waals surface area (Å²) in [5.74, 6) is -0.464. The molecule has 1 aromatic carbocycles. The molecule has 144 valence electrons. The number of hydrogen-bond acceptors (Lipinski definition) is 5. The summed E-state index contributed by atoms with van der Waals surface area (Å²) in [5, 5.41) is 5.88. The highest BCUT2D eigenvalue weighted by atomic mass is 35.5. The van der Waals surface area contributed by atoms with Gasteiger partial charge in [-0.3, -0.25) is 4.79 Å². The average molecular weight is 421 g/mol. The van der Waals surface area contributed by atoms with Crippen LogP contribution in [0.5, 0.6) is 0 Å². The molecule has 2 heterocycles.